The zero-order valence-corrected chi connectivity index (χ0v) is 12.0. The van der Waals surface area contributed by atoms with E-state index in [0.717, 1.165) is 5.69 Å². The number of carbonyl (C=O) groups excluding carboxylic acids is 2. The zero-order valence-electron chi connectivity index (χ0n) is 12.0. The molecule has 114 valence electrons. The summed E-state index contributed by atoms with van der Waals surface area (Å²) in [7, 11) is 0. The zero-order chi connectivity index (χ0) is 16.1. The van der Waals surface area contributed by atoms with Crippen molar-refractivity contribution in [2.45, 2.75) is 0 Å². The lowest BCUT2D eigenvalue weighted by Crippen LogP contribution is -2.41. The normalized spacial score (nSPS) is 10.1. The number of hydrazine groups is 1. The highest BCUT2D eigenvalue weighted by Crippen LogP contribution is 2.07. The minimum Gasteiger partial charge on any atom is -0.267 e. The van der Waals surface area contributed by atoms with Crippen LogP contribution in [0.3, 0.4) is 0 Å². The predicted molar refractivity (Wildman–Crippen MR) is 82.7 cm³/mol. The summed E-state index contributed by atoms with van der Waals surface area (Å²) >= 11 is 0. The van der Waals surface area contributed by atoms with E-state index in [4.69, 9.17) is 0 Å². The summed E-state index contributed by atoms with van der Waals surface area (Å²) < 4.78 is 1.58. The Morgan fingerprint density at radius 3 is 2.39 bits per heavy atom. The first kappa shape index (κ1) is 14.5. The number of hydrogen-bond donors (Lipinski definition) is 2. The van der Waals surface area contributed by atoms with Gasteiger partial charge in [-0.05, 0) is 24.3 Å². The lowest BCUT2D eigenvalue weighted by atomic mass is 10.3. The van der Waals surface area contributed by atoms with E-state index in [1.807, 2.05) is 30.3 Å². The number of aromatic nitrogens is 3. The number of nitrogens with one attached hydrogen (secondary N) is 2. The number of amides is 2. The van der Waals surface area contributed by atoms with Crippen LogP contribution in [0.4, 0.5) is 0 Å². The second-order valence-electron chi connectivity index (χ2n) is 4.63. The molecule has 1 aromatic carbocycles. The third-order valence-electron chi connectivity index (χ3n) is 3.05. The number of para-hydroxylation sites is 1. The van der Waals surface area contributed by atoms with Crippen molar-refractivity contribution < 1.29 is 9.59 Å². The van der Waals surface area contributed by atoms with Gasteiger partial charge in [0.25, 0.3) is 11.8 Å². The third kappa shape index (κ3) is 3.41. The van der Waals surface area contributed by atoms with Crippen molar-refractivity contribution in [2.24, 2.45) is 0 Å². The molecular weight excluding hydrogens is 294 g/mol. The van der Waals surface area contributed by atoms with E-state index in [0.29, 0.717) is 5.56 Å². The summed E-state index contributed by atoms with van der Waals surface area (Å²) in [5, 5.41) is 4.12. The first-order valence-electron chi connectivity index (χ1n) is 6.86. The Bertz CT molecular complexity index is 815. The Balaban J connectivity index is 1.63. The molecule has 0 atom stereocenters. The van der Waals surface area contributed by atoms with Crippen molar-refractivity contribution in [2.75, 3.05) is 0 Å². The summed E-state index contributed by atoms with van der Waals surface area (Å²) in [6.45, 7) is 0. The van der Waals surface area contributed by atoms with Gasteiger partial charge in [-0.25, -0.2) is 4.68 Å². The number of hydrogen-bond acceptors (Lipinski definition) is 4. The van der Waals surface area contributed by atoms with E-state index >= 15 is 0 Å². The van der Waals surface area contributed by atoms with E-state index in [1.165, 1.54) is 12.4 Å². The highest BCUT2D eigenvalue weighted by atomic mass is 16.2. The largest absolute Gasteiger partial charge is 0.288 e. The highest BCUT2D eigenvalue weighted by molar-refractivity contribution is 5.97. The van der Waals surface area contributed by atoms with E-state index < -0.39 is 11.8 Å². The van der Waals surface area contributed by atoms with E-state index in [-0.39, 0.29) is 5.69 Å². The average molecular weight is 307 g/mol. The van der Waals surface area contributed by atoms with Crippen LogP contribution in [0.25, 0.3) is 5.69 Å². The Morgan fingerprint density at radius 2 is 1.65 bits per heavy atom. The van der Waals surface area contributed by atoms with Crippen molar-refractivity contribution in [1.29, 1.82) is 0 Å². The molecule has 2 heterocycles. The lowest BCUT2D eigenvalue weighted by molar-refractivity contribution is 0.0844. The molecule has 0 aliphatic rings. The van der Waals surface area contributed by atoms with Crippen LogP contribution in [0.5, 0.6) is 0 Å². The monoisotopic (exact) mass is 307 g/mol. The molecule has 3 aromatic rings. The minimum atomic E-state index is -0.491. The van der Waals surface area contributed by atoms with Crippen LogP contribution in [-0.4, -0.2) is 26.6 Å². The molecule has 0 radical (unpaired) electrons. The molecule has 0 aliphatic carbocycles. The molecule has 3 rings (SSSR count). The summed E-state index contributed by atoms with van der Waals surface area (Å²) in [6, 6.07) is 14.3. The van der Waals surface area contributed by atoms with Gasteiger partial charge in [-0.1, -0.05) is 24.3 Å². The van der Waals surface area contributed by atoms with Crippen LogP contribution in [0.15, 0.2) is 67.1 Å². The fourth-order valence-corrected chi connectivity index (χ4v) is 1.91. The van der Waals surface area contributed by atoms with E-state index in [2.05, 4.69) is 20.9 Å². The van der Waals surface area contributed by atoms with Gasteiger partial charge in [0.1, 0.15) is 5.69 Å². The van der Waals surface area contributed by atoms with Crippen LogP contribution in [0.2, 0.25) is 0 Å². The van der Waals surface area contributed by atoms with Gasteiger partial charge in [-0.2, -0.15) is 5.10 Å². The molecule has 0 unspecified atom stereocenters. The van der Waals surface area contributed by atoms with Gasteiger partial charge < -0.3 is 0 Å². The van der Waals surface area contributed by atoms with Crippen molar-refractivity contribution in [3.05, 3.63) is 78.4 Å². The van der Waals surface area contributed by atoms with Gasteiger partial charge in [-0.15, -0.1) is 0 Å². The Morgan fingerprint density at radius 1 is 0.913 bits per heavy atom. The van der Waals surface area contributed by atoms with Crippen LogP contribution in [0, 0.1) is 0 Å². The van der Waals surface area contributed by atoms with Crippen molar-refractivity contribution in [3.8, 4) is 5.69 Å². The summed E-state index contributed by atoms with van der Waals surface area (Å²) in [5.41, 5.74) is 6.02. The molecule has 0 bridgehead atoms. The van der Waals surface area contributed by atoms with Crippen molar-refractivity contribution in [3.63, 3.8) is 0 Å². The Labute approximate surface area is 131 Å². The van der Waals surface area contributed by atoms with Gasteiger partial charge in [0.2, 0.25) is 0 Å². The molecule has 0 spiro atoms. The van der Waals surface area contributed by atoms with Crippen LogP contribution >= 0.6 is 0 Å². The molecule has 2 aromatic heterocycles. The lowest BCUT2D eigenvalue weighted by Gasteiger charge is -2.05. The molecule has 2 amide bonds. The molecule has 0 aliphatic heterocycles. The molecule has 0 saturated heterocycles. The van der Waals surface area contributed by atoms with Gasteiger partial charge in [0.05, 0.1) is 17.4 Å². The summed E-state index contributed by atoms with van der Waals surface area (Å²) in [5.74, 6) is -0.953. The van der Waals surface area contributed by atoms with Crippen LogP contribution < -0.4 is 10.9 Å². The fourth-order valence-electron chi connectivity index (χ4n) is 1.91. The van der Waals surface area contributed by atoms with Gasteiger partial charge in [0, 0.05) is 12.4 Å². The van der Waals surface area contributed by atoms with Crippen LogP contribution in [-0.2, 0) is 0 Å². The van der Waals surface area contributed by atoms with Gasteiger partial charge >= 0.3 is 0 Å². The highest BCUT2D eigenvalue weighted by Gasteiger charge is 2.11. The maximum absolute atomic E-state index is 12.0. The molecule has 0 fully saturated rings. The quantitative estimate of drug-likeness (QED) is 0.715. The third-order valence-corrected chi connectivity index (χ3v) is 3.05. The first-order chi connectivity index (χ1) is 11.2. The number of pyridine rings is 1. The number of benzene rings is 1. The Kier molecular flexibility index (Phi) is 4.10. The maximum atomic E-state index is 12.0. The van der Waals surface area contributed by atoms with E-state index in [1.54, 1.807) is 29.1 Å². The molecular formula is C16H13N5O2. The van der Waals surface area contributed by atoms with E-state index in [9.17, 15) is 9.59 Å². The van der Waals surface area contributed by atoms with Crippen molar-refractivity contribution in [1.82, 2.24) is 25.6 Å². The van der Waals surface area contributed by atoms with Crippen molar-refractivity contribution >= 4 is 11.8 Å². The summed E-state index contributed by atoms with van der Waals surface area (Å²) in [6.07, 6.45) is 4.51. The minimum absolute atomic E-state index is 0.216. The standard InChI is InChI=1S/C16H13N5O2/c22-15(19-20-16(23)14-8-4-5-9-17-14)12-10-18-21(11-12)13-6-2-1-3-7-13/h1-11H,(H,19,22)(H,20,23). The SMILES string of the molecule is O=C(NNC(=O)c1ccccn1)c1cnn(-c2ccccc2)c1. The second-order valence-corrected chi connectivity index (χ2v) is 4.63. The molecule has 0 saturated carbocycles. The second kappa shape index (κ2) is 6.52. The predicted octanol–water partition coefficient (Wildman–Crippen LogP) is 1.34. The smallest absolute Gasteiger partial charge is 0.267 e. The van der Waals surface area contributed by atoms with Gasteiger partial charge in [0.15, 0.2) is 0 Å². The van der Waals surface area contributed by atoms with Gasteiger partial charge in [-0.3, -0.25) is 25.4 Å². The fraction of sp³-hybridized carbons (Fsp3) is 0. The van der Waals surface area contributed by atoms with Crippen LogP contribution in [0.1, 0.15) is 20.8 Å². The molecule has 2 N–H and O–H groups in total. The number of carbonyl (C=O) groups is 2. The topological polar surface area (TPSA) is 88.9 Å². The number of rotatable bonds is 3. The average Bonchev–Trinajstić information content (AvgIpc) is 3.11. The first-order valence-corrected chi connectivity index (χ1v) is 6.86. The maximum Gasteiger partial charge on any atom is 0.288 e. The molecule has 23 heavy (non-hydrogen) atoms. The molecule has 7 heteroatoms. The number of nitrogens with zero attached hydrogens (tertiary/aromatic N) is 3. The summed E-state index contributed by atoms with van der Waals surface area (Å²) in [4.78, 5) is 27.7. The Hall–Kier alpha value is -3.48. The molecule has 7 nitrogen and oxygen atoms in total.